The van der Waals surface area contributed by atoms with E-state index in [0.717, 1.165) is 24.0 Å². The quantitative estimate of drug-likeness (QED) is 0.545. The van der Waals surface area contributed by atoms with Crippen molar-refractivity contribution in [2.75, 3.05) is 26.7 Å². The number of quaternary nitrogens is 1. The molecule has 2 fully saturated rings. The molecule has 2 heterocycles. The second-order valence-electron chi connectivity index (χ2n) is 4.63. The molecule has 0 aliphatic carbocycles. The van der Waals surface area contributed by atoms with Crippen LogP contribution in [0, 0.1) is 0 Å². The van der Waals surface area contributed by atoms with Crippen LogP contribution in [0.1, 0.15) is 25.7 Å². The van der Waals surface area contributed by atoms with Crippen LogP contribution in [0.3, 0.4) is 0 Å². The van der Waals surface area contributed by atoms with Gasteiger partial charge >= 0.3 is 0 Å². The predicted octanol–water partition coefficient (Wildman–Crippen LogP) is 0.505. The lowest BCUT2D eigenvalue weighted by Crippen LogP contribution is -2.55. The Balaban J connectivity index is 2.13. The normalized spacial score (nSPS) is 40.4. The van der Waals surface area contributed by atoms with Crippen molar-refractivity contribution < 1.29 is 9.28 Å². The number of fused-ring (bicyclic) bond motifs is 1. The molecule has 0 spiro atoms. The van der Waals surface area contributed by atoms with Crippen LogP contribution in [0.2, 0.25) is 0 Å². The van der Waals surface area contributed by atoms with Crippen molar-refractivity contribution in [3.8, 4) is 0 Å². The molecule has 2 saturated heterocycles. The van der Waals surface area contributed by atoms with Gasteiger partial charge in [0.1, 0.15) is 0 Å². The maximum atomic E-state index is 11.4. The molecule has 2 atom stereocenters. The fourth-order valence-corrected chi connectivity index (χ4v) is 2.70. The van der Waals surface area contributed by atoms with Gasteiger partial charge in [0.05, 0.1) is 39.1 Å². The number of carbonyl (C=O) groups is 1. The van der Waals surface area contributed by atoms with Crippen LogP contribution in [0.15, 0.2) is 0 Å². The highest BCUT2D eigenvalue weighted by molar-refractivity contribution is 5.76. The van der Waals surface area contributed by atoms with E-state index in [1.165, 1.54) is 25.8 Å². The Kier molecular flexibility index (Phi) is 2.28. The number of nitrogens with zero attached hydrogens (tertiary/aromatic N) is 1. The largest absolute Gasteiger partial charge is 0.350 e. The fourth-order valence-electron chi connectivity index (χ4n) is 2.70. The van der Waals surface area contributed by atoms with Crippen molar-refractivity contribution in [2.24, 2.45) is 0 Å². The first-order chi connectivity index (χ1) is 6.21. The number of rotatable bonds is 0. The van der Waals surface area contributed by atoms with E-state index in [0.29, 0.717) is 6.04 Å². The third-order valence-corrected chi connectivity index (χ3v) is 3.70. The van der Waals surface area contributed by atoms with E-state index in [1.54, 1.807) is 0 Å². The summed E-state index contributed by atoms with van der Waals surface area (Å²) >= 11 is 0. The predicted molar refractivity (Wildman–Crippen MR) is 51.2 cm³/mol. The zero-order valence-electron chi connectivity index (χ0n) is 8.38. The number of amides is 1. The highest BCUT2D eigenvalue weighted by Crippen LogP contribution is 2.26. The smallest absolute Gasteiger partial charge is 0.226 e. The molecule has 0 bridgehead atoms. The van der Waals surface area contributed by atoms with Gasteiger partial charge in [0.25, 0.3) is 0 Å². The molecule has 74 valence electrons. The molecule has 0 saturated carbocycles. The molecule has 3 nitrogen and oxygen atoms in total. The summed E-state index contributed by atoms with van der Waals surface area (Å²) in [6.07, 6.45) is 4.63. The van der Waals surface area contributed by atoms with Crippen LogP contribution in [0.25, 0.3) is 0 Å². The Morgan fingerprint density at radius 3 is 3.08 bits per heavy atom. The Morgan fingerprint density at radius 2 is 2.23 bits per heavy atom. The zero-order chi connectivity index (χ0) is 9.31. The number of hydrogen-bond donors (Lipinski definition) is 1. The first-order valence-corrected chi connectivity index (χ1v) is 5.32. The topological polar surface area (TPSA) is 29.1 Å². The minimum atomic E-state index is 0.258. The average Bonchev–Trinajstić information content (AvgIpc) is 2.23. The second-order valence-corrected chi connectivity index (χ2v) is 4.63. The van der Waals surface area contributed by atoms with Gasteiger partial charge < -0.3 is 9.80 Å². The van der Waals surface area contributed by atoms with Gasteiger partial charge in [0, 0.05) is 6.42 Å². The van der Waals surface area contributed by atoms with Gasteiger partial charge in [-0.1, -0.05) is 0 Å². The molecule has 1 amide bonds. The molecule has 2 aliphatic rings. The summed E-state index contributed by atoms with van der Waals surface area (Å²) in [5.74, 6) is 0.258. The van der Waals surface area contributed by atoms with Crippen molar-refractivity contribution in [3.63, 3.8) is 0 Å². The summed E-state index contributed by atoms with van der Waals surface area (Å²) in [6.45, 7) is 3.25. The molecule has 2 rings (SSSR count). The Bertz CT molecular complexity index is 217. The van der Waals surface area contributed by atoms with E-state index < -0.39 is 0 Å². The lowest BCUT2D eigenvalue weighted by molar-refractivity contribution is -0.935. The van der Waals surface area contributed by atoms with Gasteiger partial charge in [-0.25, -0.2) is 0 Å². The van der Waals surface area contributed by atoms with Crippen LogP contribution < -0.4 is 5.32 Å². The lowest BCUT2D eigenvalue weighted by Gasteiger charge is -2.43. The molecule has 3 heteroatoms. The minimum absolute atomic E-state index is 0.258. The lowest BCUT2D eigenvalue weighted by atomic mass is 9.97. The summed E-state index contributed by atoms with van der Waals surface area (Å²) < 4.78 is 1.12. The number of hydrogen-bond acceptors (Lipinski definition) is 1. The number of piperidine rings is 1. The summed E-state index contributed by atoms with van der Waals surface area (Å²) in [4.78, 5) is 11.4. The highest BCUT2D eigenvalue weighted by atomic mass is 16.1. The molecule has 2 unspecified atom stereocenters. The molecule has 0 aromatic carbocycles. The zero-order valence-corrected chi connectivity index (χ0v) is 8.38. The molecular weight excluding hydrogens is 164 g/mol. The first-order valence-electron chi connectivity index (χ1n) is 5.32. The Morgan fingerprint density at radius 1 is 1.38 bits per heavy atom. The van der Waals surface area contributed by atoms with Crippen molar-refractivity contribution >= 4 is 5.91 Å². The number of likely N-dealkylation sites (N-methyl/N-ethyl adjacent to an activating group) is 1. The van der Waals surface area contributed by atoms with Crippen molar-refractivity contribution in [2.45, 2.75) is 31.7 Å². The number of nitrogens with one attached hydrogen (secondary N) is 1. The van der Waals surface area contributed by atoms with Crippen LogP contribution in [0.4, 0.5) is 0 Å². The monoisotopic (exact) mass is 183 g/mol. The summed E-state index contributed by atoms with van der Waals surface area (Å²) in [5.41, 5.74) is 0. The average molecular weight is 183 g/mol. The van der Waals surface area contributed by atoms with E-state index in [4.69, 9.17) is 0 Å². The molecule has 13 heavy (non-hydrogen) atoms. The van der Waals surface area contributed by atoms with E-state index >= 15 is 0 Å². The second kappa shape index (κ2) is 3.29. The van der Waals surface area contributed by atoms with Crippen LogP contribution in [0.5, 0.6) is 0 Å². The third kappa shape index (κ3) is 1.70. The summed E-state index contributed by atoms with van der Waals surface area (Å²) in [6, 6.07) is 0.594. The molecule has 0 aromatic heterocycles. The van der Waals surface area contributed by atoms with Crippen molar-refractivity contribution in [1.82, 2.24) is 5.32 Å². The van der Waals surface area contributed by atoms with Gasteiger partial charge in [0.15, 0.2) is 0 Å². The van der Waals surface area contributed by atoms with Gasteiger partial charge in [0.2, 0.25) is 5.91 Å². The van der Waals surface area contributed by atoms with Crippen LogP contribution in [-0.4, -0.2) is 43.1 Å². The van der Waals surface area contributed by atoms with Crippen LogP contribution in [-0.2, 0) is 4.79 Å². The standard InChI is InChI=1S/C10H18N2O/c1-12-6-3-2-4-9(12)8-10(13)11-5-7-12/h9H,2-8H2,1H3/p+1. The molecule has 1 N–H and O–H groups in total. The fraction of sp³-hybridized carbons (Fsp3) is 0.900. The number of carbonyl (C=O) groups excluding carboxylic acids is 1. The van der Waals surface area contributed by atoms with Gasteiger partial charge in [-0.3, -0.25) is 4.79 Å². The van der Waals surface area contributed by atoms with Gasteiger partial charge in [-0.05, 0) is 12.8 Å². The molecule has 0 aromatic rings. The maximum Gasteiger partial charge on any atom is 0.226 e. The maximum absolute atomic E-state index is 11.4. The van der Waals surface area contributed by atoms with Gasteiger partial charge in [-0.15, -0.1) is 0 Å². The Labute approximate surface area is 79.7 Å². The molecular formula is C10H19N2O+. The van der Waals surface area contributed by atoms with Gasteiger partial charge in [-0.2, -0.15) is 0 Å². The third-order valence-electron chi connectivity index (χ3n) is 3.70. The SMILES string of the molecule is C[N+]12CCCCC1CC(=O)NCC2. The Hall–Kier alpha value is -0.570. The van der Waals surface area contributed by atoms with Crippen molar-refractivity contribution in [1.29, 1.82) is 0 Å². The highest BCUT2D eigenvalue weighted by Gasteiger charge is 2.38. The minimum Gasteiger partial charge on any atom is -0.350 e. The van der Waals surface area contributed by atoms with E-state index in [1.807, 2.05) is 0 Å². The van der Waals surface area contributed by atoms with E-state index in [2.05, 4.69) is 12.4 Å². The van der Waals surface area contributed by atoms with Crippen molar-refractivity contribution in [3.05, 3.63) is 0 Å². The first kappa shape index (κ1) is 9.00. The summed E-state index contributed by atoms with van der Waals surface area (Å²) in [7, 11) is 2.31. The van der Waals surface area contributed by atoms with E-state index in [9.17, 15) is 4.79 Å². The summed E-state index contributed by atoms with van der Waals surface area (Å²) in [5, 5.41) is 2.97. The molecule has 0 radical (unpaired) electrons. The van der Waals surface area contributed by atoms with E-state index in [-0.39, 0.29) is 5.91 Å². The van der Waals surface area contributed by atoms with Crippen LogP contribution >= 0.6 is 0 Å². The molecule has 2 aliphatic heterocycles.